The van der Waals surface area contributed by atoms with Crippen molar-refractivity contribution in [2.24, 2.45) is 0 Å². The predicted molar refractivity (Wildman–Crippen MR) is 61.4 cm³/mol. The van der Waals surface area contributed by atoms with E-state index in [1.807, 2.05) is 0 Å². The highest BCUT2D eigenvalue weighted by atomic mass is 19.1. The van der Waals surface area contributed by atoms with Crippen LogP contribution in [0.25, 0.3) is 0 Å². The number of carboxylic acids is 1. The van der Waals surface area contributed by atoms with Crippen LogP contribution in [-0.2, 0) is 4.79 Å². The second-order valence-electron chi connectivity index (χ2n) is 3.64. The standard InChI is InChI=1S/C11H13FN2O4/c12-8-5-6(13)1-2-7(8)10(16)14-4-3-9(15)11(17)18/h1-2,5,9,15H,3-4,13H2,(H,14,16)(H,17,18). The molecule has 0 radical (unpaired) electrons. The number of nitrogens with two attached hydrogens (primary N) is 1. The van der Waals surface area contributed by atoms with E-state index in [0.717, 1.165) is 6.07 Å². The predicted octanol–water partition coefficient (Wildman–Crippen LogP) is -0.0267. The number of carbonyl (C=O) groups excluding carboxylic acids is 1. The van der Waals surface area contributed by atoms with Gasteiger partial charge in [0.05, 0.1) is 5.56 Å². The number of nitrogen functional groups attached to an aromatic ring is 1. The van der Waals surface area contributed by atoms with E-state index >= 15 is 0 Å². The average Bonchev–Trinajstić information content (AvgIpc) is 2.28. The van der Waals surface area contributed by atoms with E-state index in [0.29, 0.717) is 0 Å². The van der Waals surface area contributed by atoms with Crippen LogP contribution < -0.4 is 11.1 Å². The molecule has 1 rings (SSSR count). The zero-order chi connectivity index (χ0) is 13.7. The number of carbonyl (C=O) groups is 2. The van der Waals surface area contributed by atoms with E-state index in [1.54, 1.807) is 0 Å². The highest BCUT2D eigenvalue weighted by Crippen LogP contribution is 2.11. The molecule has 0 saturated carbocycles. The quantitative estimate of drug-likeness (QED) is 0.553. The summed E-state index contributed by atoms with van der Waals surface area (Å²) in [6.07, 6.45) is -1.71. The van der Waals surface area contributed by atoms with E-state index in [2.05, 4.69) is 5.32 Å². The molecule has 0 aliphatic heterocycles. The molecule has 0 fully saturated rings. The van der Waals surface area contributed by atoms with Crippen molar-refractivity contribution in [1.29, 1.82) is 0 Å². The highest BCUT2D eigenvalue weighted by molar-refractivity contribution is 5.94. The Hall–Kier alpha value is -2.15. The van der Waals surface area contributed by atoms with Crippen LogP contribution in [0.15, 0.2) is 18.2 Å². The molecule has 0 aliphatic rings. The van der Waals surface area contributed by atoms with Crippen LogP contribution in [0.1, 0.15) is 16.8 Å². The van der Waals surface area contributed by atoms with Crippen molar-refractivity contribution < 1.29 is 24.2 Å². The third-order valence-corrected chi connectivity index (χ3v) is 2.23. The van der Waals surface area contributed by atoms with Crippen LogP contribution in [0.5, 0.6) is 0 Å². The first-order valence-corrected chi connectivity index (χ1v) is 5.16. The summed E-state index contributed by atoms with van der Waals surface area (Å²) in [6, 6.07) is 3.62. The monoisotopic (exact) mass is 256 g/mol. The van der Waals surface area contributed by atoms with E-state index in [1.165, 1.54) is 12.1 Å². The van der Waals surface area contributed by atoms with Gasteiger partial charge in [-0.2, -0.15) is 0 Å². The van der Waals surface area contributed by atoms with Gasteiger partial charge < -0.3 is 21.3 Å². The topological polar surface area (TPSA) is 113 Å². The van der Waals surface area contributed by atoms with E-state index in [-0.39, 0.29) is 24.2 Å². The summed E-state index contributed by atoms with van der Waals surface area (Å²) >= 11 is 0. The van der Waals surface area contributed by atoms with Crippen LogP contribution in [0.2, 0.25) is 0 Å². The minimum atomic E-state index is -1.55. The first kappa shape index (κ1) is 13.9. The fourth-order valence-electron chi connectivity index (χ4n) is 1.26. The Kier molecular flexibility index (Phi) is 4.61. The summed E-state index contributed by atoms with van der Waals surface area (Å²) < 4.78 is 13.3. The van der Waals surface area contributed by atoms with Crippen molar-refractivity contribution in [2.75, 3.05) is 12.3 Å². The number of amides is 1. The van der Waals surface area contributed by atoms with Crippen LogP contribution in [0, 0.1) is 5.82 Å². The molecule has 0 bridgehead atoms. The molecule has 5 N–H and O–H groups in total. The first-order valence-electron chi connectivity index (χ1n) is 5.16. The molecule has 98 valence electrons. The molecule has 0 spiro atoms. The molecule has 7 heteroatoms. The van der Waals surface area contributed by atoms with Gasteiger partial charge in [-0.15, -0.1) is 0 Å². The number of carboxylic acid groups (broad SMARTS) is 1. The number of nitrogens with one attached hydrogen (secondary N) is 1. The summed E-state index contributed by atoms with van der Waals surface area (Å²) in [7, 11) is 0. The minimum absolute atomic E-state index is 0.0733. The van der Waals surface area contributed by atoms with Crippen LogP contribution in [0.3, 0.4) is 0 Å². The van der Waals surface area contributed by atoms with Crippen molar-refractivity contribution in [2.45, 2.75) is 12.5 Å². The Balaban J connectivity index is 2.53. The molecule has 0 saturated heterocycles. The Morgan fingerprint density at radius 3 is 2.67 bits per heavy atom. The van der Waals surface area contributed by atoms with Crippen LogP contribution in [0.4, 0.5) is 10.1 Å². The number of aliphatic hydroxyl groups excluding tert-OH is 1. The minimum Gasteiger partial charge on any atom is -0.479 e. The van der Waals surface area contributed by atoms with Gasteiger partial charge in [-0.25, -0.2) is 9.18 Å². The molecule has 1 unspecified atom stereocenters. The van der Waals surface area contributed by atoms with Gasteiger partial charge in [0.15, 0.2) is 6.10 Å². The molecule has 0 heterocycles. The van der Waals surface area contributed by atoms with Gasteiger partial charge >= 0.3 is 5.97 Å². The number of hydrogen-bond acceptors (Lipinski definition) is 4. The maximum absolute atomic E-state index is 13.3. The van der Waals surface area contributed by atoms with Crippen molar-refractivity contribution in [1.82, 2.24) is 5.32 Å². The van der Waals surface area contributed by atoms with Crippen LogP contribution >= 0.6 is 0 Å². The summed E-state index contributed by atoms with van der Waals surface area (Å²) in [5.41, 5.74) is 5.34. The molecule has 6 nitrogen and oxygen atoms in total. The van der Waals surface area contributed by atoms with E-state index in [4.69, 9.17) is 15.9 Å². The summed E-state index contributed by atoms with van der Waals surface area (Å²) in [4.78, 5) is 21.8. The normalized spacial score (nSPS) is 11.9. The second-order valence-corrected chi connectivity index (χ2v) is 3.64. The molecule has 18 heavy (non-hydrogen) atoms. The number of hydrogen-bond donors (Lipinski definition) is 4. The Morgan fingerprint density at radius 1 is 1.44 bits per heavy atom. The molecule has 1 aromatic carbocycles. The molecule has 0 aliphatic carbocycles. The Bertz CT molecular complexity index is 464. The summed E-state index contributed by atoms with van der Waals surface area (Å²) in [6.45, 7) is -0.0733. The lowest BCUT2D eigenvalue weighted by molar-refractivity contribution is -0.146. The SMILES string of the molecule is Nc1ccc(C(=O)NCCC(O)C(=O)O)c(F)c1. The molecular formula is C11H13FN2O4. The third kappa shape index (κ3) is 3.70. The molecule has 1 atom stereocenters. The Morgan fingerprint density at radius 2 is 2.11 bits per heavy atom. The summed E-state index contributed by atoms with van der Waals surface area (Å²) in [5.74, 6) is -2.82. The number of halogens is 1. The molecule has 1 aromatic rings. The van der Waals surface area contributed by atoms with Gasteiger partial charge in [-0.3, -0.25) is 4.79 Å². The smallest absolute Gasteiger partial charge is 0.332 e. The second kappa shape index (κ2) is 5.97. The Labute approximate surface area is 102 Å². The van der Waals surface area contributed by atoms with Gasteiger partial charge in [-0.05, 0) is 18.2 Å². The van der Waals surface area contributed by atoms with Gasteiger partial charge in [0.1, 0.15) is 5.82 Å². The van der Waals surface area contributed by atoms with E-state index in [9.17, 15) is 14.0 Å². The van der Waals surface area contributed by atoms with Crippen molar-refractivity contribution in [3.8, 4) is 0 Å². The average molecular weight is 256 g/mol. The van der Waals surface area contributed by atoms with Gasteiger partial charge in [0, 0.05) is 18.7 Å². The van der Waals surface area contributed by atoms with Crippen molar-refractivity contribution in [3.05, 3.63) is 29.6 Å². The van der Waals surface area contributed by atoms with Crippen LogP contribution in [-0.4, -0.2) is 34.7 Å². The lowest BCUT2D eigenvalue weighted by Gasteiger charge is -2.08. The maximum atomic E-state index is 13.3. The number of benzene rings is 1. The first-order chi connectivity index (χ1) is 8.41. The van der Waals surface area contributed by atoms with Crippen molar-refractivity contribution in [3.63, 3.8) is 0 Å². The molecular weight excluding hydrogens is 243 g/mol. The zero-order valence-electron chi connectivity index (χ0n) is 9.39. The van der Waals surface area contributed by atoms with Gasteiger partial charge in [0.2, 0.25) is 0 Å². The van der Waals surface area contributed by atoms with Crippen molar-refractivity contribution >= 4 is 17.6 Å². The number of aliphatic carboxylic acids is 1. The molecule has 1 amide bonds. The van der Waals surface area contributed by atoms with Gasteiger partial charge in [-0.1, -0.05) is 0 Å². The molecule has 0 aromatic heterocycles. The fraction of sp³-hybridized carbons (Fsp3) is 0.273. The lowest BCUT2D eigenvalue weighted by atomic mass is 10.1. The summed E-state index contributed by atoms with van der Waals surface area (Å²) in [5, 5.41) is 19.7. The number of rotatable bonds is 5. The highest BCUT2D eigenvalue weighted by Gasteiger charge is 2.15. The maximum Gasteiger partial charge on any atom is 0.332 e. The third-order valence-electron chi connectivity index (χ3n) is 2.23. The van der Waals surface area contributed by atoms with E-state index < -0.39 is 23.8 Å². The number of anilines is 1. The van der Waals surface area contributed by atoms with Gasteiger partial charge in [0.25, 0.3) is 5.91 Å². The fourth-order valence-corrected chi connectivity index (χ4v) is 1.26. The number of aliphatic hydroxyl groups is 1. The zero-order valence-corrected chi connectivity index (χ0v) is 9.39. The largest absolute Gasteiger partial charge is 0.479 e. The lowest BCUT2D eigenvalue weighted by Crippen LogP contribution is -2.30.